The number of hydrogen-bond donors (Lipinski definition) is 0. The van der Waals surface area contributed by atoms with Crippen LogP contribution in [0.5, 0.6) is 0 Å². The summed E-state index contributed by atoms with van der Waals surface area (Å²) < 4.78 is 35.4. The van der Waals surface area contributed by atoms with Crippen molar-refractivity contribution in [3.8, 4) is 5.69 Å². The number of benzene rings is 3. The average molecular weight is 623 g/mol. The molecule has 0 radical (unpaired) electrons. The maximum Gasteiger partial charge on any atom is 0.132 e. The fourth-order valence-corrected chi connectivity index (χ4v) is 9.20. The quantitative estimate of drug-likeness (QED) is 0.189. The Hall–Kier alpha value is -4.44. The van der Waals surface area contributed by atoms with Crippen molar-refractivity contribution in [1.82, 2.24) is 9.13 Å². The molecular formula is C43H40F2N2. The molecule has 4 heteroatoms. The van der Waals surface area contributed by atoms with Gasteiger partial charge in [-0.25, -0.2) is 8.78 Å². The van der Waals surface area contributed by atoms with Gasteiger partial charge in [-0.2, -0.15) is 0 Å². The Balaban J connectivity index is 1.11. The van der Waals surface area contributed by atoms with Crippen molar-refractivity contribution in [3.05, 3.63) is 137 Å². The van der Waals surface area contributed by atoms with E-state index >= 15 is 8.78 Å². The number of rotatable bonds is 4. The predicted octanol–water partition coefficient (Wildman–Crippen LogP) is 10.8. The summed E-state index contributed by atoms with van der Waals surface area (Å²) in [4.78, 5) is 0. The van der Waals surface area contributed by atoms with Gasteiger partial charge >= 0.3 is 0 Å². The fourth-order valence-electron chi connectivity index (χ4n) is 9.20. The molecule has 9 rings (SSSR count). The van der Waals surface area contributed by atoms with Crippen LogP contribution in [0.1, 0.15) is 67.6 Å². The van der Waals surface area contributed by atoms with Crippen molar-refractivity contribution in [1.29, 1.82) is 0 Å². The highest BCUT2D eigenvalue weighted by Crippen LogP contribution is 2.52. The molecule has 0 N–H and O–H groups in total. The molecule has 0 amide bonds. The lowest BCUT2D eigenvalue weighted by molar-refractivity contribution is 0.199. The molecule has 2 aromatic heterocycles. The van der Waals surface area contributed by atoms with E-state index in [1.54, 1.807) is 0 Å². The molecule has 2 heterocycles. The van der Waals surface area contributed by atoms with Crippen molar-refractivity contribution in [3.63, 3.8) is 0 Å². The number of allylic oxidation sites excluding steroid dienone is 6. The Kier molecular flexibility index (Phi) is 6.45. The Bertz CT molecular complexity index is 2160. The number of fused-ring (bicyclic) bond motifs is 6. The van der Waals surface area contributed by atoms with Crippen molar-refractivity contribution in [2.24, 2.45) is 5.92 Å². The SMILES string of the molecule is CC1C=Cc2c(n(C3(C)C=CC(C4(c5ccc(-n6c7c(c8ccccc86)C=CCC7)cc5)CC(F)C(F)C4)=CC3)c3ccccc23)C1. The summed E-state index contributed by atoms with van der Waals surface area (Å²) >= 11 is 0. The second-order valence-electron chi connectivity index (χ2n) is 14.5. The zero-order valence-electron chi connectivity index (χ0n) is 27.1. The van der Waals surface area contributed by atoms with Gasteiger partial charge in [0.1, 0.15) is 12.3 Å². The van der Waals surface area contributed by atoms with Crippen LogP contribution in [-0.2, 0) is 23.8 Å². The molecule has 3 aromatic carbocycles. The Morgan fingerprint density at radius 1 is 0.766 bits per heavy atom. The van der Waals surface area contributed by atoms with Gasteiger partial charge in [0.2, 0.25) is 0 Å². The first kappa shape index (κ1) is 28.8. The van der Waals surface area contributed by atoms with Crippen LogP contribution in [0, 0.1) is 5.92 Å². The highest BCUT2D eigenvalue weighted by molar-refractivity contribution is 5.94. The first-order chi connectivity index (χ1) is 22.9. The third-order valence-corrected chi connectivity index (χ3v) is 11.5. The third-order valence-electron chi connectivity index (χ3n) is 11.5. The largest absolute Gasteiger partial charge is 0.334 e. The topological polar surface area (TPSA) is 9.86 Å². The van der Waals surface area contributed by atoms with Crippen LogP contribution in [-0.4, -0.2) is 21.5 Å². The van der Waals surface area contributed by atoms with Crippen molar-refractivity contribution in [2.45, 2.75) is 75.7 Å². The molecule has 0 spiro atoms. The van der Waals surface area contributed by atoms with Gasteiger partial charge in [0.05, 0.1) is 11.1 Å². The van der Waals surface area contributed by atoms with Crippen LogP contribution in [0.4, 0.5) is 8.78 Å². The van der Waals surface area contributed by atoms with E-state index in [2.05, 4.69) is 138 Å². The number of halogens is 2. The van der Waals surface area contributed by atoms with Crippen LogP contribution in [0.3, 0.4) is 0 Å². The summed E-state index contributed by atoms with van der Waals surface area (Å²) in [6.45, 7) is 4.58. The number of hydrogen-bond acceptors (Lipinski definition) is 0. The normalized spacial score (nSPS) is 28.2. The van der Waals surface area contributed by atoms with E-state index in [4.69, 9.17) is 0 Å². The molecule has 5 aromatic rings. The number of aromatic nitrogens is 2. The van der Waals surface area contributed by atoms with Gasteiger partial charge in [-0.1, -0.05) is 98.0 Å². The fraction of sp³-hybridized carbons (Fsp3) is 0.302. The minimum atomic E-state index is -1.47. The number of nitrogens with zero attached hydrogens (tertiary/aromatic N) is 2. The first-order valence-electron chi connectivity index (χ1n) is 17.3. The number of para-hydroxylation sites is 2. The smallest absolute Gasteiger partial charge is 0.132 e. The zero-order chi connectivity index (χ0) is 31.9. The molecule has 4 aliphatic carbocycles. The molecule has 0 aliphatic heterocycles. The number of alkyl halides is 2. The first-order valence-corrected chi connectivity index (χ1v) is 17.3. The lowest BCUT2D eigenvalue weighted by Gasteiger charge is -2.38. The van der Waals surface area contributed by atoms with Gasteiger partial charge in [0, 0.05) is 49.9 Å². The molecule has 4 atom stereocenters. The minimum Gasteiger partial charge on any atom is -0.334 e. The summed E-state index contributed by atoms with van der Waals surface area (Å²) in [7, 11) is 0. The van der Waals surface area contributed by atoms with E-state index in [-0.39, 0.29) is 18.4 Å². The average Bonchev–Trinajstić information content (AvgIpc) is 3.72. The summed E-state index contributed by atoms with van der Waals surface area (Å²) in [5.74, 6) is 0.479. The van der Waals surface area contributed by atoms with Crippen LogP contribution in [0.2, 0.25) is 0 Å². The highest BCUT2D eigenvalue weighted by atomic mass is 19.2. The van der Waals surface area contributed by atoms with Crippen molar-refractivity contribution >= 4 is 34.0 Å². The minimum absolute atomic E-state index is 0.164. The van der Waals surface area contributed by atoms with Crippen LogP contribution >= 0.6 is 0 Å². The third kappa shape index (κ3) is 4.26. The molecule has 1 saturated carbocycles. The monoisotopic (exact) mass is 622 g/mol. The zero-order valence-corrected chi connectivity index (χ0v) is 27.1. The van der Waals surface area contributed by atoms with Gasteiger partial charge in [-0.15, -0.1) is 0 Å². The van der Waals surface area contributed by atoms with Crippen molar-refractivity contribution in [2.75, 3.05) is 0 Å². The summed E-state index contributed by atoms with van der Waals surface area (Å²) in [5.41, 5.74) is 9.91. The van der Waals surface area contributed by atoms with Gasteiger partial charge in [-0.3, -0.25) is 0 Å². The van der Waals surface area contributed by atoms with Gasteiger partial charge < -0.3 is 9.13 Å². The molecule has 4 unspecified atom stereocenters. The summed E-state index contributed by atoms with van der Waals surface area (Å²) in [6.07, 6.45) is 17.1. The van der Waals surface area contributed by atoms with Gasteiger partial charge in [0.15, 0.2) is 0 Å². The predicted molar refractivity (Wildman–Crippen MR) is 191 cm³/mol. The summed E-state index contributed by atoms with van der Waals surface area (Å²) in [6, 6.07) is 25.9. The molecule has 1 fully saturated rings. The molecule has 236 valence electrons. The summed E-state index contributed by atoms with van der Waals surface area (Å²) in [5, 5.41) is 2.55. The Morgan fingerprint density at radius 2 is 1.45 bits per heavy atom. The maximum absolute atomic E-state index is 15.2. The molecule has 47 heavy (non-hydrogen) atoms. The molecule has 4 aliphatic rings. The van der Waals surface area contributed by atoms with E-state index in [0.29, 0.717) is 5.92 Å². The van der Waals surface area contributed by atoms with Gasteiger partial charge in [0.25, 0.3) is 0 Å². The maximum atomic E-state index is 15.2. The van der Waals surface area contributed by atoms with E-state index < -0.39 is 17.8 Å². The van der Waals surface area contributed by atoms with Crippen LogP contribution < -0.4 is 0 Å². The van der Waals surface area contributed by atoms with Crippen LogP contribution in [0.15, 0.2) is 109 Å². The van der Waals surface area contributed by atoms with E-state index in [9.17, 15) is 0 Å². The highest BCUT2D eigenvalue weighted by Gasteiger charge is 2.50. The second-order valence-corrected chi connectivity index (χ2v) is 14.5. The Morgan fingerprint density at radius 3 is 2.17 bits per heavy atom. The van der Waals surface area contributed by atoms with E-state index in [0.717, 1.165) is 42.5 Å². The van der Waals surface area contributed by atoms with Gasteiger partial charge in [-0.05, 0) is 86.8 Å². The van der Waals surface area contributed by atoms with Crippen LogP contribution in [0.25, 0.3) is 39.6 Å². The standard InChI is InChI=1S/C43H40F2N2/c1-28-15-20-35-34-11-5-8-14-40(34)47(41(35)25-28)42(2)23-21-30(22-24-42)43(26-36(44)37(45)27-43)29-16-18-31(19-17-29)46-38-12-6-3-9-32(38)33-10-4-7-13-39(33)46/h3-6,8-12,14-23,28,36-37H,7,13,24-27H2,1-2H3. The lowest BCUT2D eigenvalue weighted by Crippen LogP contribution is -2.34. The lowest BCUT2D eigenvalue weighted by atomic mass is 9.69. The second kappa shape index (κ2) is 10.5. The Labute approximate surface area is 275 Å². The van der Waals surface area contributed by atoms with E-state index in [1.165, 1.54) is 44.3 Å². The molecule has 2 nitrogen and oxygen atoms in total. The van der Waals surface area contributed by atoms with E-state index in [1.807, 2.05) is 0 Å². The molecular weight excluding hydrogens is 582 g/mol. The molecule has 0 bridgehead atoms. The van der Waals surface area contributed by atoms with Crippen molar-refractivity contribution < 1.29 is 8.78 Å². The molecule has 0 saturated heterocycles.